The van der Waals surface area contributed by atoms with E-state index in [2.05, 4.69) is 5.32 Å². The molecule has 0 aliphatic carbocycles. The first-order chi connectivity index (χ1) is 10.9. The summed E-state index contributed by atoms with van der Waals surface area (Å²) in [5.74, 6) is 0.866. The van der Waals surface area contributed by atoms with E-state index >= 15 is 0 Å². The Labute approximate surface area is 130 Å². The molecule has 1 heterocycles. The van der Waals surface area contributed by atoms with Crippen molar-refractivity contribution in [3.05, 3.63) is 54.0 Å². The smallest absolute Gasteiger partial charge is 0.412 e. The number of rotatable bonds is 5. The summed E-state index contributed by atoms with van der Waals surface area (Å²) >= 11 is 0. The van der Waals surface area contributed by atoms with Crippen molar-refractivity contribution >= 4 is 6.03 Å². The van der Waals surface area contributed by atoms with Crippen LogP contribution in [-0.4, -0.2) is 19.3 Å². The number of furan rings is 1. The Morgan fingerprint density at radius 1 is 1.26 bits per heavy atom. The lowest BCUT2D eigenvalue weighted by molar-refractivity contribution is -0.154. The van der Waals surface area contributed by atoms with Crippen LogP contribution in [0.1, 0.15) is 17.4 Å². The van der Waals surface area contributed by atoms with E-state index in [4.69, 9.17) is 9.15 Å². The molecule has 8 heteroatoms. The van der Waals surface area contributed by atoms with Crippen LogP contribution in [0.4, 0.5) is 18.0 Å². The Morgan fingerprint density at radius 2 is 1.96 bits per heavy atom. The maximum atomic E-state index is 13.2. The summed E-state index contributed by atoms with van der Waals surface area (Å²) in [7, 11) is 1.41. The number of alkyl halides is 3. The van der Waals surface area contributed by atoms with E-state index in [1.807, 2.05) is 5.32 Å². The van der Waals surface area contributed by atoms with Gasteiger partial charge in [0.25, 0.3) is 0 Å². The van der Waals surface area contributed by atoms with Crippen LogP contribution >= 0.6 is 0 Å². The van der Waals surface area contributed by atoms with Crippen LogP contribution in [0.3, 0.4) is 0 Å². The lowest BCUT2D eigenvalue weighted by atomic mass is 10.1. The van der Waals surface area contributed by atoms with Gasteiger partial charge in [0, 0.05) is 0 Å². The van der Waals surface area contributed by atoms with Gasteiger partial charge in [-0.3, -0.25) is 0 Å². The molecule has 2 rings (SSSR count). The van der Waals surface area contributed by atoms with Gasteiger partial charge in [0.15, 0.2) is 6.04 Å². The number of hydrogen-bond acceptors (Lipinski definition) is 3. The van der Waals surface area contributed by atoms with Crippen LogP contribution in [0.25, 0.3) is 0 Å². The molecular weight excluding hydrogens is 313 g/mol. The summed E-state index contributed by atoms with van der Waals surface area (Å²) in [5, 5.41) is 4.23. The number of carbonyl (C=O) groups is 1. The molecule has 23 heavy (non-hydrogen) atoms. The zero-order valence-electron chi connectivity index (χ0n) is 12.2. The second-order valence-electron chi connectivity index (χ2n) is 4.65. The Morgan fingerprint density at radius 3 is 2.48 bits per heavy atom. The number of amides is 2. The van der Waals surface area contributed by atoms with Gasteiger partial charge in [0.05, 0.1) is 19.9 Å². The summed E-state index contributed by atoms with van der Waals surface area (Å²) in [6.07, 6.45) is -3.22. The summed E-state index contributed by atoms with van der Waals surface area (Å²) in [5.41, 5.74) is -0.0913. The standard InChI is InChI=1S/C15H15F3N2O3/c1-22-11-6-4-10(5-7-11)13(15(16,17)18)20-14(21)19-9-12-3-2-8-23-12/h2-8,13H,9H2,1H3,(H2,19,20,21). The van der Waals surface area contributed by atoms with Gasteiger partial charge in [0.2, 0.25) is 0 Å². The van der Waals surface area contributed by atoms with Crippen molar-refractivity contribution in [1.29, 1.82) is 0 Å². The van der Waals surface area contributed by atoms with E-state index in [0.29, 0.717) is 11.5 Å². The van der Waals surface area contributed by atoms with E-state index in [0.717, 1.165) is 0 Å². The first-order valence-corrected chi connectivity index (χ1v) is 6.67. The topological polar surface area (TPSA) is 63.5 Å². The fourth-order valence-electron chi connectivity index (χ4n) is 1.91. The lowest BCUT2D eigenvalue weighted by Crippen LogP contribution is -2.43. The molecule has 1 aromatic carbocycles. The minimum Gasteiger partial charge on any atom is -0.497 e. The Balaban J connectivity index is 2.04. The van der Waals surface area contributed by atoms with Crippen LogP contribution in [0.15, 0.2) is 47.1 Å². The molecule has 0 bridgehead atoms. The normalized spacial score (nSPS) is 12.5. The molecular formula is C15H15F3N2O3. The van der Waals surface area contributed by atoms with E-state index in [1.165, 1.54) is 37.6 Å². The predicted octanol–water partition coefficient (Wildman–Crippen LogP) is 3.39. The molecule has 2 aromatic rings. The quantitative estimate of drug-likeness (QED) is 0.884. The van der Waals surface area contributed by atoms with Gasteiger partial charge in [-0.2, -0.15) is 13.2 Å². The Kier molecular flexibility index (Phi) is 5.15. The minimum atomic E-state index is -4.63. The average Bonchev–Trinajstić information content (AvgIpc) is 3.03. The largest absolute Gasteiger partial charge is 0.497 e. The van der Waals surface area contributed by atoms with Gasteiger partial charge >= 0.3 is 12.2 Å². The van der Waals surface area contributed by atoms with Gasteiger partial charge in [-0.25, -0.2) is 4.79 Å². The maximum absolute atomic E-state index is 13.2. The van der Waals surface area contributed by atoms with Crippen molar-refractivity contribution < 1.29 is 27.1 Å². The van der Waals surface area contributed by atoms with Gasteiger partial charge < -0.3 is 19.8 Å². The molecule has 0 fully saturated rings. The first kappa shape index (κ1) is 16.7. The predicted molar refractivity (Wildman–Crippen MR) is 75.9 cm³/mol. The molecule has 124 valence electrons. The number of carbonyl (C=O) groups excluding carboxylic acids is 1. The average molecular weight is 328 g/mol. The fraction of sp³-hybridized carbons (Fsp3) is 0.267. The number of nitrogens with one attached hydrogen (secondary N) is 2. The van der Waals surface area contributed by atoms with Crippen molar-refractivity contribution in [3.63, 3.8) is 0 Å². The summed E-state index contributed by atoms with van der Waals surface area (Å²) in [6, 6.07) is 5.46. The van der Waals surface area contributed by atoms with Crippen LogP contribution in [0.2, 0.25) is 0 Å². The molecule has 2 N–H and O–H groups in total. The summed E-state index contributed by atoms with van der Waals surface area (Å²) < 4.78 is 49.4. The van der Waals surface area contributed by atoms with Gasteiger partial charge in [-0.1, -0.05) is 12.1 Å². The zero-order valence-corrected chi connectivity index (χ0v) is 12.2. The third kappa shape index (κ3) is 4.67. The van der Waals surface area contributed by atoms with Gasteiger partial charge in [-0.15, -0.1) is 0 Å². The Bertz CT molecular complexity index is 624. The lowest BCUT2D eigenvalue weighted by Gasteiger charge is -2.22. The van der Waals surface area contributed by atoms with Gasteiger partial charge in [-0.05, 0) is 29.8 Å². The van der Waals surface area contributed by atoms with Crippen LogP contribution < -0.4 is 15.4 Å². The second kappa shape index (κ2) is 7.08. The SMILES string of the molecule is COc1ccc(C(NC(=O)NCc2ccco2)C(F)(F)F)cc1. The monoisotopic (exact) mass is 328 g/mol. The maximum Gasteiger partial charge on any atom is 0.412 e. The van der Waals surface area contributed by atoms with E-state index in [9.17, 15) is 18.0 Å². The van der Waals surface area contributed by atoms with E-state index in [1.54, 1.807) is 12.1 Å². The number of benzene rings is 1. The summed E-state index contributed by atoms with van der Waals surface area (Å²) in [6.45, 7) is -0.00791. The third-order valence-electron chi connectivity index (χ3n) is 3.06. The zero-order chi connectivity index (χ0) is 16.9. The Hall–Kier alpha value is -2.64. The highest BCUT2D eigenvalue weighted by Gasteiger charge is 2.41. The van der Waals surface area contributed by atoms with Gasteiger partial charge in [0.1, 0.15) is 11.5 Å². The molecule has 2 amide bonds. The van der Waals surface area contributed by atoms with Crippen molar-refractivity contribution in [1.82, 2.24) is 10.6 Å². The molecule has 5 nitrogen and oxygen atoms in total. The highest BCUT2D eigenvalue weighted by atomic mass is 19.4. The number of halogens is 3. The van der Waals surface area contributed by atoms with E-state index in [-0.39, 0.29) is 12.1 Å². The number of hydrogen-bond donors (Lipinski definition) is 2. The molecule has 0 aliphatic heterocycles. The fourth-order valence-corrected chi connectivity index (χ4v) is 1.91. The highest BCUT2D eigenvalue weighted by Crippen LogP contribution is 2.33. The van der Waals surface area contributed by atoms with Crippen molar-refractivity contribution in [3.8, 4) is 5.75 Å². The molecule has 0 spiro atoms. The highest BCUT2D eigenvalue weighted by molar-refractivity contribution is 5.74. The summed E-state index contributed by atoms with van der Waals surface area (Å²) in [4.78, 5) is 11.7. The number of ether oxygens (including phenoxy) is 1. The molecule has 0 radical (unpaired) electrons. The number of methoxy groups -OCH3 is 1. The molecule has 1 aromatic heterocycles. The molecule has 0 saturated carbocycles. The van der Waals surface area contributed by atoms with Crippen LogP contribution in [-0.2, 0) is 6.54 Å². The van der Waals surface area contributed by atoms with E-state index < -0.39 is 18.2 Å². The van der Waals surface area contributed by atoms with Crippen molar-refractivity contribution in [2.75, 3.05) is 7.11 Å². The van der Waals surface area contributed by atoms with Crippen molar-refractivity contribution in [2.24, 2.45) is 0 Å². The first-order valence-electron chi connectivity index (χ1n) is 6.67. The second-order valence-corrected chi connectivity index (χ2v) is 4.65. The number of urea groups is 1. The minimum absolute atomic E-state index is 0.00791. The molecule has 0 saturated heterocycles. The molecule has 1 unspecified atom stereocenters. The molecule has 0 aliphatic rings. The van der Waals surface area contributed by atoms with Crippen LogP contribution in [0.5, 0.6) is 5.75 Å². The third-order valence-corrected chi connectivity index (χ3v) is 3.06. The van der Waals surface area contributed by atoms with Crippen molar-refractivity contribution in [2.45, 2.75) is 18.8 Å². The molecule has 1 atom stereocenters. The van der Waals surface area contributed by atoms with Crippen LogP contribution in [0, 0.1) is 0 Å².